The zero-order valence-corrected chi connectivity index (χ0v) is 59.9. The van der Waals surface area contributed by atoms with Gasteiger partial charge in [-0.15, -0.1) is 0 Å². The molecule has 0 fully saturated rings. The van der Waals surface area contributed by atoms with Crippen LogP contribution in [0.15, 0.2) is 413 Å². The van der Waals surface area contributed by atoms with Crippen LogP contribution in [0.2, 0.25) is 0 Å². The fourth-order valence-corrected chi connectivity index (χ4v) is 17.0. The molecular formula is C104H68N6. The van der Waals surface area contributed by atoms with Crippen LogP contribution in [0.5, 0.6) is 0 Å². The van der Waals surface area contributed by atoms with E-state index >= 15 is 0 Å². The van der Waals surface area contributed by atoms with Crippen LogP contribution in [0, 0.1) is 0 Å². The lowest BCUT2D eigenvalue weighted by Crippen LogP contribution is -2.28. The zero-order chi connectivity index (χ0) is 73.0. The third-order valence-electron chi connectivity index (χ3n) is 22.2. The van der Waals surface area contributed by atoms with Gasteiger partial charge in [0.1, 0.15) is 0 Å². The van der Waals surface area contributed by atoms with Crippen LogP contribution in [0.4, 0.5) is 0 Å². The Balaban J connectivity index is 0.578. The highest BCUT2D eigenvalue weighted by molar-refractivity contribution is 5.89. The monoisotopic (exact) mass is 1400 g/mol. The predicted octanol–water partition coefficient (Wildman–Crippen LogP) is 25.1. The second kappa shape index (κ2) is 27.5. The Kier molecular flexibility index (Phi) is 16.3. The highest BCUT2D eigenvalue weighted by Crippen LogP contribution is 2.58. The molecular weight excluding hydrogens is 1330 g/mol. The SMILES string of the molecule is c1ccc(-c2ccc(-c3nc(-c4ccc(-c5cccc(C6(c7ccccc7)c7ccccc7-c7ccccc76)c5)cc4)nc(-c4cccc(-c5ccc(-c6ccc(-c7ccc(-c8nc(-c9ccccc9)nc(-c9cccc(C%10(c%11ccccc%11)c%11ccccc%11-c%11ccccc%11%10)c9)n8)cc7)cc6)cc5)c4)n3)cc2)cc1. The van der Waals surface area contributed by atoms with Crippen molar-refractivity contribution in [2.24, 2.45) is 0 Å². The van der Waals surface area contributed by atoms with Crippen molar-refractivity contribution in [1.82, 2.24) is 29.9 Å². The summed E-state index contributed by atoms with van der Waals surface area (Å²) in [7, 11) is 0. The quantitative estimate of drug-likeness (QED) is 0.102. The molecule has 0 radical (unpaired) electrons. The molecule has 18 aromatic rings. The van der Waals surface area contributed by atoms with Gasteiger partial charge in [-0.25, -0.2) is 29.9 Å². The van der Waals surface area contributed by atoms with E-state index in [0.29, 0.717) is 34.9 Å². The van der Waals surface area contributed by atoms with E-state index < -0.39 is 10.8 Å². The molecule has 2 aliphatic rings. The van der Waals surface area contributed by atoms with Crippen molar-refractivity contribution in [3.05, 3.63) is 457 Å². The van der Waals surface area contributed by atoms with Gasteiger partial charge in [0.2, 0.25) is 0 Å². The van der Waals surface area contributed by atoms with Crippen LogP contribution in [-0.2, 0) is 10.8 Å². The molecule has 0 amide bonds. The minimum Gasteiger partial charge on any atom is -0.208 e. The summed E-state index contributed by atoms with van der Waals surface area (Å²) in [5.74, 6) is 3.62. The maximum atomic E-state index is 5.28. The molecule has 0 saturated heterocycles. The number of fused-ring (bicyclic) bond motifs is 6. The lowest BCUT2D eigenvalue weighted by molar-refractivity contribution is 0.768. The average Bonchev–Trinajstić information content (AvgIpc) is 1.54. The topological polar surface area (TPSA) is 77.3 Å². The molecule has 0 spiro atoms. The molecule has 0 bridgehead atoms. The van der Waals surface area contributed by atoms with Crippen molar-refractivity contribution in [3.63, 3.8) is 0 Å². The first-order chi connectivity index (χ1) is 54.5. The minimum absolute atomic E-state index is 0.499. The normalized spacial score (nSPS) is 12.7. The molecule has 0 N–H and O–H groups in total. The number of benzene rings is 16. The summed E-state index contributed by atoms with van der Waals surface area (Å²) in [6, 6.07) is 148. The first-order valence-electron chi connectivity index (χ1n) is 37.5. The largest absolute Gasteiger partial charge is 0.208 e. The van der Waals surface area contributed by atoms with E-state index in [4.69, 9.17) is 29.9 Å². The molecule has 2 aliphatic carbocycles. The average molecular weight is 1400 g/mol. The molecule has 2 aromatic heterocycles. The third kappa shape index (κ3) is 11.4. The number of rotatable bonds is 15. The van der Waals surface area contributed by atoms with Crippen molar-refractivity contribution in [1.29, 1.82) is 0 Å². The molecule has 16 aromatic carbocycles. The summed E-state index contributed by atoms with van der Waals surface area (Å²) in [4.78, 5) is 31.4. The molecule has 110 heavy (non-hydrogen) atoms. The molecule has 2 heterocycles. The van der Waals surface area contributed by atoms with Gasteiger partial charge in [0.05, 0.1) is 10.8 Å². The summed E-state index contributed by atoms with van der Waals surface area (Å²) in [6.45, 7) is 0. The van der Waals surface area contributed by atoms with Gasteiger partial charge in [0.15, 0.2) is 34.9 Å². The molecule has 0 atom stereocenters. The van der Waals surface area contributed by atoms with Gasteiger partial charge in [0.25, 0.3) is 0 Å². The van der Waals surface area contributed by atoms with Crippen LogP contribution in [0.1, 0.15) is 44.5 Å². The van der Waals surface area contributed by atoms with Crippen molar-refractivity contribution >= 4 is 0 Å². The van der Waals surface area contributed by atoms with Gasteiger partial charge >= 0.3 is 0 Å². The van der Waals surface area contributed by atoms with Gasteiger partial charge in [-0.2, -0.15) is 0 Å². The maximum Gasteiger partial charge on any atom is 0.164 e. The second-order valence-electron chi connectivity index (χ2n) is 28.4. The summed E-state index contributed by atoms with van der Waals surface area (Å²) >= 11 is 0. The Hall–Kier alpha value is -14.5. The Bertz CT molecular complexity index is 6370. The Morgan fingerprint density at radius 2 is 0.318 bits per heavy atom. The van der Waals surface area contributed by atoms with Gasteiger partial charge in [0, 0.05) is 33.4 Å². The van der Waals surface area contributed by atoms with Gasteiger partial charge in [-0.05, 0) is 141 Å². The summed E-state index contributed by atoms with van der Waals surface area (Å²) in [5.41, 5.74) is 30.4. The standard InChI is InChI=1S/C104H68N6/c1-5-24-69(25-6-1)70-54-60-78(61-55-70)99-106-100(80-64-58-76(59-65-80)82-29-22-36-87(67-82)103(85-32-9-3-10-33-85)93-42-17-13-38-89(93)90-39-14-18-43-94(90)103)109-101(108-99)83-30-21-28-81(66-83)75-52-50-73(51-53-75)71-46-48-72(49-47-71)74-56-62-79(63-57-74)98-105-97(77-26-7-2-8-27-77)107-102(110-98)84-31-23-37-88(68-84)104(86-34-11-4-12-35-86)95-44-19-15-40-91(95)92-41-16-20-45-96(92)104/h1-68H. The molecule has 20 rings (SSSR count). The Morgan fingerprint density at radius 1 is 0.127 bits per heavy atom. The third-order valence-corrected chi connectivity index (χ3v) is 22.2. The summed E-state index contributed by atoms with van der Waals surface area (Å²) in [5, 5.41) is 0. The first kappa shape index (κ1) is 65.1. The highest BCUT2D eigenvalue weighted by Gasteiger charge is 2.47. The van der Waals surface area contributed by atoms with Crippen LogP contribution in [0.3, 0.4) is 0 Å². The molecule has 0 saturated carbocycles. The van der Waals surface area contributed by atoms with E-state index in [2.05, 4.69) is 388 Å². The van der Waals surface area contributed by atoms with Crippen molar-refractivity contribution in [2.75, 3.05) is 0 Å². The smallest absolute Gasteiger partial charge is 0.164 e. The van der Waals surface area contributed by atoms with Crippen LogP contribution < -0.4 is 0 Å². The Labute approximate surface area is 639 Å². The molecule has 6 nitrogen and oxygen atoms in total. The van der Waals surface area contributed by atoms with Crippen LogP contribution >= 0.6 is 0 Å². The van der Waals surface area contributed by atoms with Crippen LogP contribution in [-0.4, -0.2) is 29.9 Å². The van der Waals surface area contributed by atoms with Gasteiger partial charge in [-0.1, -0.05) is 394 Å². The number of aromatic nitrogens is 6. The van der Waals surface area contributed by atoms with E-state index in [1.165, 1.54) is 61.2 Å². The van der Waals surface area contributed by atoms with E-state index in [0.717, 1.165) is 94.6 Å². The van der Waals surface area contributed by atoms with Crippen molar-refractivity contribution in [3.8, 4) is 146 Å². The van der Waals surface area contributed by atoms with Crippen LogP contribution in [0.25, 0.3) is 146 Å². The maximum absolute atomic E-state index is 5.28. The number of nitrogens with zero attached hydrogens (tertiary/aromatic N) is 6. The zero-order valence-electron chi connectivity index (χ0n) is 59.9. The van der Waals surface area contributed by atoms with Crippen molar-refractivity contribution < 1.29 is 0 Å². The minimum atomic E-state index is -0.562. The Morgan fingerprint density at radius 3 is 0.655 bits per heavy atom. The summed E-state index contributed by atoms with van der Waals surface area (Å²) in [6.07, 6.45) is 0. The number of hydrogen-bond donors (Lipinski definition) is 0. The summed E-state index contributed by atoms with van der Waals surface area (Å²) < 4.78 is 0. The molecule has 0 unspecified atom stereocenters. The van der Waals surface area contributed by atoms with E-state index in [9.17, 15) is 0 Å². The fraction of sp³-hybridized carbons (Fsp3) is 0.0192. The lowest BCUT2D eigenvalue weighted by Gasteiger charge is -2.34. The second-order valence-corrected chi connectivity index (χ2v) is 28.4. The van der Waals surface area contributed by atoms with Gasteiger partial charge in [-0.3, -0.25) is 0 Å². The van der Waals surface area contributed by atoms with E-state index in [-0.39, 0.29) is 0 Å². The highest BCUT2D eigenvalue weighted by atomic mass is 15.0. The fourth-order valence-electron chi connectivity index (χ4n) is 17.0. The lowest BCUT2D eigenvalue weighted by atomic mass is 9.67. The molecule has 514 valence electrons. The van der Waals surface area contributed by atoms with E-state index in [1.54, 1.807) is 0 Å². The first-order valence-corrected chi connectivity index (χ1v) is 37.5. The molecule has 0 aliphatic heterocycles. The van der Waals surface area contributed by atoms with E-state index in [1.807, 2.05) is 24.3 Å². The predicted molar refractivity (Wildman–Crippen MR) is 448 cm³/mol. The van der Waals surface area contributed by atoms with Gasteiger partial charge < -0.3 is 0 Å². The molecule has 6 heteroatoms. The van der Waals surface area contributed by atoms with Crippen molar-refractivity contribution in [2.45, 2.75) is 10.8 Å². The number of hydrogen-bond acceptors (Lipinski definition) is 6.